The summed E-state index contributed by atoms with van der Waals surface area (Å²) in [5.41, 5.74) is -6.75. The number of hydrogen-bond acceptors (Lipinski definition) is 2. The molecular formula is C15H12F10N2O. The molecule has 3 nitrogen and oxygen atoms in total. The number of amides is 1. The standard InChI is InChI=1S/C15H12F10N2O/c16-12(14(20,21)22,15(23,24)25)11(28)27-7-5-26(6-8-27)10-3-1-9(2-4-10)13(17,18)19/h1-4H,5-8H2. The summed E-state index contributed by atoms with van der Waals surface area (Å²) in [4.78, 5) is 13.1. The average molecular weight is 426 g/mol. The van der Waals surface area contributed by atoms with E-state index >= 15 is 0 Å². The van der Waals surface area contributed by atoms with Gasteiger partial charge in [0.25, 0.3) is 5.91 Å². The molecule has 158 valence electrons. The van der Waals surface area contributed by atoms with Crippen LogP contribution in [0.2, 0.25) is 0 Å². The number of alkyl halides is 10. The Hall–Kier alpha value is -2.21. The van der Waals surface area contributed by atoms with E-state index in [9.17, 15) is 48.7 Å². The number of carbonyl (C=O) groups is 1. The maximum Gasteiger partial charge on any atom is 0.441 e. The van der Waals surface area contributed by atoms with E-state index in [1.54, 1.807) is 0 Å². The first kappa shape index (κ1) is 22.1. The fraction of sp³-hybridized carbons (Fsp3) is 0.533. The molecule has 0 aromatic heterocycles. The lowest BCUT2D eigenvalue weighted by Crippen LogP contribution is -2.65. The highest BCUT2D eigenvalue weighted by Gasteiger charge is 2.78. The summed E-state index contributed by atoms with van der Waals surface area (Å²) in [7, 11) is 0. The number of nitrogens with zero attached hydrogens (tertiary/aromatic N) is 2. The molecule has 0 N–H and O–H groups in total. The molecule has 1 saturated heterocycles. The minimum absolute atomic E-state index is 0.0988. The van der Waals surface area contributed by atoms with Crippen LogP contribution < -0.4 is 4.90 Å². The molecule has 1 aromatic carbocycles. The summed E-state index contributed by atoms with van der Waals surface area (Å²) in [5, 5.41) is 0. The largest absolute Gasteiger partial charge is 0.441 e. The monoisotopic (exact) mass is 426 g/mol. The van der Waals surface area contributed by atoms with E-state index in [1.807, 2.05) is 0 Å². The maximum atomic E-state index is 13.8. The molecule has 13 heteroatoms. The van der Waals surface area contributed by atoms with Crippen molar-refractivity contribution in [2.24, 2.45) is 0 Å². The second-order valence-electron chi connectivity index (χ2n) is 5.98. The van der Waals surface area contributed by atoms with Gasteiger partial charge < -0.3 is 9.80 Å². The van der Waals surface area contributed by atoms with Crippen molar-refractivity contribution < 1.29 is 48.7 Å². The van der Waals surface area contributed by atoms with Crippen LogP contribution in [0.5, 0.6) is 0 Å². The zero-order chi connectivity index (χ0) is 21.5. The zero-order valence-corrected chi connectivity index (χ0v) is 13.7. The van der Waals surface area contributed by atoms with Crippen LogP contribution in [0, 0.1) is 0 Å². The fourth-order valence-electron chi connectivity index (χ4n) is 2.65. The van der Waals surface area contributed by atoms with Gasteiger partial charge in [-0.25, -0.2) is 4.39 Å². The van der Waals surface area contributed by atoms with Gasteiger partial charge in [-0.3, -0.25) is 4.79 Å². The second kappa shape index (κ2) is 6.99. The minimum atomic E-state index is -6.49. The molecule has 0 unspecified atom stereocenters. The Kier molecular flexibility index (Phi) is 5.52. The van der Waals surface area contributed by atoms with Gasteiger partial charge in [0.15, 0.2) is 0 Å². The number of benzene rings is 1. The van der Waals surface area contributed by atoms with Crippen molar-refractivity contribution in [3.8, 4) is 0 Å². The molecule has 0 bridgehead atoms. The molecule has 28 heavy (non-hydrogen) atoms. The first-order valence-corrected chi connectivity index (χ1v) is 7.63. The van der Waals surface area contributed by atoms with Crippen molar-refractivity contribution in [2.75, 3.05) is 31.1 Å². The first-order valence-electron chi connectivity index (χ1n) is 7.63. The van der Waals surface area contributed by atoms with Crippen LogP contribution in [0.25, 0.3) is 0 Å². The van der Waals surface area contributed by atoms with Crippen molar-refractivity contribution in [3.05, 3.63) is 29.8 Å². The highest BCUT2D eigenvalue weighted by atomic mass is 19.4. The Morgan fingerprint density at radius 1 is 0.714 bits per heavy atom. The zero-order valence-electron chi connectivity index (χ0n) is 13.7. The molecule has 1 amide bonds. The summed E-state index contributed by atoms with van der Waals surface area (Å²) < 4.78 is 127. The van der Waals surface area contributed by atoms with Crippen molar-refractivity contribution in [2.45, 2.75) is 24.2 Å². The third-order valence-corrected chi connectivity index (χ3v) is 4.20. The van der Waals surface area contributed by atoms with E-state index in [2.05, 4.69) is 0 Å². The Labute approximate surface area is 151 Å². The van der Waals surface area contributed by atoms with Crippen LogP contribution in [0.1, 0.15) is 5.56 Å². The van der Waals surface area contributed by atoms with Gasteiger partial charge in [0.2, 0.25) is 0 Å². The highest BCUT2D eigenvalue weighted by Crippen LogP contribution is 2.47. The van der Waals surface area contributed by atoms with E-state index in [1.165, 1.54) is 4.90 Å². The predicted octanol–water partition coefficient (Wildman–Crippen LogP) is 4.19. The van der Waals surface area contributed by atoms with Crippen LogP contribution in [-0.2, 0) is 11.0 Å². The lowest BCUT2D eigenvalue weighted by Gasteiger charge is -2.39. The van der Waals surface area contributed by atoms with Gasteiger partial charge in [-0.15, -0.1) is 0 Å². The van der Waals surface area contributed by atoms with E-state index < -0.39 is 48.8 Å². The molecule has 0 saturated carbocycles. The molecule has 0 spiro atoms. The van der Waals surface area contributed by atoms with Crippen molar-refractivity contribution in [1.29, 1.82) is 0 Å². The topological polar surface area (TPSA) is 23.6 Å². The molecule has 2 rings (SSSR count). The fourth-order valence-corrected chi connectivity index (χ4v) is 2.65. The van der Waals surface area contributed by atoms with Crippen LogP contribution in [0.15, 0.2) is 24.3 Å². The molecule has 0 aliphatic carbocycles. The van der Waals surface area contributed by atoms with Gasteiger partial charge in [-0.1, -0.05) is 0 Å². The molecule has 1 aromatic rings. The van der Waals surface area contributed by atoms with Gasteiger partial charge in [0, 0.05) is 31.9 Å². The Bertz CT molecular complexity index is 686. The van der Waals surface area contributed by atoms with E-state index in [0.717, 1.165) is 24.3 Å². The molecule has 1 heterocycles. The Morgan fingerprint density at radius 2 is 1.14 bits per heavy atom. The van der Waals surface area contributed by atoms with Gasteiger partial charge in [-0.05, 0) is 24.3 Å². The van der Waals surface area contributed by atoms with E-state index in [0.29, 0.717) is 0 Å². The molecule has 0 atom stereocenters. The molecule has 0 radical (unpaired) electrons. The molecule has 1 aliphatic heterocycles. The summed E-state index contributed by atoms with van der Waals surface area (Å²) in [6.07, 6.45) is -17.6. The van der Waals surface area contributed by atoms with Crippen LogP contribution >= 0.6 is 0 Å². The van der Waals surface area contributed by atoms with Gasteiger partial charge in [0.05, 0.1) is 5.56 Å². The quantitative estimate of drug-likeness (QED) is 0.663. The van der Waals surface area contributed by atoms with E-state index in [-0.39, 0.29) is 23.7 Å². The maximum absolute atomic E-state index is 13.8. The summed E-state index contributed by atoms with van der Waals surface area (Å²) in [6.45, 7) is -1.92. The van der Waals surface area contributed by atoms with Crippen molar-refractivity contribution in [1.82, 2.24) is 4.90 Å². The van der Waals surface area contributed by atoms with Crippen molar-refractivity contribution >= 4 is 11.6 Å². The highest BCUT2D eigenvalue weighted by molar-refractivity contribution is 5.87. The first-order chi connectivity index (χ1) is 12.6. The number of piperazine rings is 1. The molecular weight excluding hydrogens is 414 g/mol. The number of halogens is 10. The van der Waals surface area contributed by atoms with Crippen LogP contribution in [-0.4, -0.2) is 55.0 Å². The number of carbonyl (C=O) groups excluding carboxylic acids is 1. The summed E-state index contributed by atoms with van der Waals surface area (Å²) in [6, 6.07) is 3.66. The van der Waals surface area contributed by atoms with Gasteiger partial charge >= 0.3 is 24.2 Å². The van der Waals surface area contributed by atoms with Crippen molar-refractivity contribution in [3.63, 3.8) is 0 Å². The lowest BCUT2D eigenvalue weighted by atomic mass is 10.0. The number of anilines is 1. The summed E-state index contributed by atoms with van der Waals surface area (Å²) in [5.74, 6) is -2.76. The van der Waals surface area contributed by atoms with Gasteiger partial charge in [-0.2, -0.15) is 39.5 Å². The lowest BCUT2D eigenvalue weighted by molar-refractivity contribution is -0.329. The molecule has 1 fully saturated rings. The normalized spacial score (nSPS) is 17.1. The Morgan fingerprint density at radius 3 is 1.50 bits per heavy atom. The Balaban J connectivity index is 2.12. The molecule has 1 aliphatic rings. The second-order valence-corrected chi connectivity index (χ2v) is 5.98. The average Bonchev–Trinajstić information content (AvgIpc) is 2.58. The third-order valence-electron chi connectivity index (χ3n) is 4.20. The SMILES string of the molecule is O=C(N1CCN(c2ccc(C(F)(F)F)cc2)CC1)C(F)(C(F)(F)F)C(F)(F)F. The smallest absolute Gasteiger partial charge is 0.368 e. The summed E-state index contributed by atoms with van der Waals surface area (Å²) >= 11 is 0. The van der Waals surface area contributed by atoms with Crippen LogP contribution in [0.3, 0.4) is 0 Å². The minimum Gasteiger partial charge on any atom is -0.368 e. The van der Waals surface area contributed by atoms with Gasteiger partial charge in [0.1, 0.15) is 0 Å². The predicted molar refractivity (Wildman–Crippen MR) is 76.2 cm³/mol. The number of rotatable bonds is 2. The number of hydrogen-bond donors (Lipinski definition) is 0. The van der Waals surface area contributed by atoms with E-state index in [4.69, 9.17) is 0 Å². The van der Waals surface area contributed by atoms with Crippen LogP contribution in [0.4, 0.5) is 49.6 Å². The third kappa shape index (κ3) is 3.97.